The molecule has 1 heterocycles. The van der Waals surface area contributed by atoms with Crippen molar-refractivity contribution in [3.8, 4) is 5.75 Å². The second-order valence-electron chi connectivity index (χ2n) is 6.59. The Bertz CT molecular complexity index is 779. The largest absolute Gasteiger partial charge is 0.491 e. The molecule has 4 N–H and O–H groups in total. The zero-order valence-electron chi connectivity index (χ0n) is 16.5. The maximum absolute atomic E-state index is 12.9. The number of rotatable bonds is 7. The van der Waals surface area contributed by atoms with E-state index >= 15 is 0 Å². The number of ether oxygens (including phenoxy) is 2. The minimum Gasteiger partial charge on any atom is -0.491 e. The lowest BCUT2D eigenvalue weighted by Gasteiger charge is -2.29. The van der Waals surface area contributed by atoms with Crippen LogP contribution in [0.25, 0.3) is 0 Å². The van der Waals surface area contributed by atoms with Gasteiger partial charge in [-0.25, -0.2) is 9.79 Å². The Labute approximate surface area is 160 Å². The van der Waals surface area contributed by atoms with Crippen LogP contribution in [0.3, 0.4) is 0 Å². The third-order valence-electron chi connectivity index (χ3n) is 4.22. The lowest BCUT2D eigenvalue weighted by atomic mass is 9.80. The molecule has 0 radical (unpaired) electrons. The molecule has 0 bridgehead atoms. The summed E-state index contributed by atoms with van der Waals surface area (Å²) in [5.41, 5.74) is 14.6. The molecule has 1 aromatic carbocycles. The smallest absolute Gasteiger partial charge is 0.336 e. The molecule has 0 saturated heterocycles. The molecule has 0 aromatic heterocycles. The summed E-state index contributed by atoms with van der Waals surface area (Å²) in [6, 6.07) is 7.61. The summed E-state index contributed by atoms with van der Waals surface area (Å²) in [6.45, 7) is 8.00. The van der Waals surface area contributed by atoms with Crippen LogP contribution in [0.15, 0.2) is 52.3 Å². The summed E-state index contributed by atoms with van der Waals surface area (Å²) in [7, 11) is 0. The van der Waals surface area contributed by atoms with E-state index in [0.29, 0.717) is 34.8 Å². The summed E-state index contributed by atoms with van der Waals surface area (Å²) in [5, 5.41) is 0. The summed E-state index contributed by atoms with van der Waals surface area (Å²) >= 11 is 0. The quantitative estimate of drug-likeness (QED) is 0.716. The highest BCUT2D eigenvalue weighted by Crippen LogP contribution is 2.42. The van der Waals surface area contributed by atoms with Gasteiger partial charge in [-0.15, -0.1) is 0 Å². The lowest BCUT2D eigenvalue weighted by molar-refractivity contribution is -0.138. The highest BCUT2D eigenvalue weighted by Gasteiger charge is 2.36. The van der Waals surface area contributed by atoms with Gasteiger partial charge < -0.3 is 20.9 Å². The highest BCUT2D eigenvalue weighted by molar-refractivity contribution is 6.05. The van der Waals surface area contributed by atoms with Crippen molar-refractivity contribution >= 4 is 11.8 Å². The van der Waals surface area contributed by atoms with Gasteiger partial charge in [0.2, 0.25) is 0 Å². The van der Waals surface area contributed by atoms with E-state index in [1.807, 2.05) is 45.0 Å². The van der Waals surface area contributed by atoms with Crippen LogP contribution in [0.2, 0.25) is 0 Å². The standard InChI is InChI=1S/C21H29N3O3/c1-5-9-16-19(21(25)26-6-2)18(15(12-22)20(23)24-16)14-10-7-8-11-17(14)27-13(3)4/h7-8,10-13,18H,5-6,9,22H2,1-4H3,(H2,23,24)/b15-12-. The normalized spacial score (nSPS) is 18.6. The molecule has 27 heavy (non-hydrogen) atoms. The van der Waals surface area contributed by atoms with Gasteiger partial charge >= 0.3 is 5.97 Å². The Morgan fingerprint density at radius 2 is 2.00 bits per heavy atom. The Hall–Kier alpha value is -2.76. The van der Waals surface area contributed by atoms with E-state index in [9.17, 15) is 4.79 Å². The van der Waals surface area contributed by atoms with Crippen molar-refractivity contribution in [2.24, 2.45) is 16.5 Å². The first-order chi connectivity index (χ1) is 12.9. The van der Waals surface area contributed by atoms with E-state index in [4.69, 9.17) is 20.9 Å². The van der Waals surface area contributed by atoms with E-state index in [-0.39, 0.29) is 12.7 Å². The van der Waals surface area contributed by atoms with Gasteiger partial charge in [0.25, 0.3) is 0 Å². The molecule has 2 rings (SSSR count). The number of hydrogen-bond donors (Lipinski definition) is 2. The molecule has 1 unspecified atom stereocenters. The van der Waals surface area contributed by atoms with Crippen molar-refractivity contribution in [3.63, 3.8) is 0 Å². The topological polar surface area (TPSA) is 99.9 Å². The SMILES string of the molecule is CCCC1=C(C(=O)OCC)C(c2ccccc2OC(C)C)/C(=C/N)C(N)=N1. The Kier molecular flexibility index (Phi) is 7.05. The number of hydrogen-bond acceptors (Lipinski definition) is 6. The highest BCUT2D eigenvalue weighted by atomic mass is 16.5. The second kappa shape index (κ2) is 9.26. The third kappa shape index (κ3) is 4.51. The average molecular weight is 371 g/mol. The van der Waals surface area contributed by atoms with E-state index in [2.05, 4.69) is 4.99 Å². The van der Waals surface area contributed by atoms with E-state index in [1.54, 1.807) is 6.92 Å². The van der Waals surface area contributed by atoms with E-state index in [1.165, 1.54) is 6.20 Å². The number of esters is 1. The number of carbonyl (C=O) groups is 1. The van der Waals surface area contributed by atoms with Crippen LogP contribution in [0, 0.1) is 0 Å². The number of carbonyl (C=O) groups excluding carboxylic acids is 1. The van der Waals surface area contributed by atoms with Crippen molar-refractivity contribution in [3.05, 3.63) is 52.9 Å². The number of para-hydroxylation sites is 1. The van der Waals surface area contributed by atoms with Crippen LogP contribution >= 0.6 is 0 Å². The molecule has 0 aliphatic carbocycles. The molecule has 1 atom stereocenters. The van der Waals surface area contributed by atoms with Gasteiger partial charge in [-0.3, -0.25) is 0 Å². The number of allylic oxidation sites excluding steroid dienone is 1. The predicted octanol–water partition coefficient (Wildman–Crippen LogP) is 3.39. The van der Waals surface area contributed by atoms with Crippen molar-refractivity contribution in [1.29, 1.82) is 0 Å². The first-order valence-corrected chi connectivity index (χ1v) is 9.36. The molecule has 1 aliphatic heterocycles. The molecule has 0 amide bonds. The Balaban J connectivity index is 2.72. The van der Waals surface area contributed by atoms with E-state index in [0.717, 1.165) is 12.0 Å². The van der Waals surface area contributed by atoms with Crippen LogP contribution < -0.4 is 16.2 Å². The second-order valence-corrected chi connectivity index (χ2v) is 6.59. The third-order valence-corrected chi connectivity index (χ3v) is 4.22. The van der Waals surface area contributed by atoms with Gasteiger partial charge in [-0.1, -0.05) is 31.5 Å². The predicted molar refractivity (Wildman–Crippen MR) is 107 cm³/mol. The van der Waals surface area contributed by atoms with Gasteiger partial charge in [-0.2, -0.15) is 0 Å². The summed E-state index contributed by atoms with van der Waals surface area (Å²) < 4.78 is 11.3. The van der Waals surface area contributed by atoms with Gasteiger partial charge in [0.1, 0.15) is 11.6 Å². The van der Waals surface area contributed by atoms with Crippen LogP contribution in [0.5, 0.6) is 5.75 Å². The van der Waals surface area contributed by atoms with Gasteiger partial charge in [0.15, 0.2) is 0 Å². The van der Waals surface area contributed by atoms with Crippen molar-refractivity contribution in [2.45, 2.75) is 52.6 Å². The summed E-state index contributed by atoms with van der Waals surface area (Å²) in [4.78, 5) is 17.3. The molecule has 1 aromatic rings. The van der Waals surface area contributed by atoms with Crippen LogP contribution in [-0.2, 0) is 9.53 Å². The van der Waals surface area contributed by atoms with Gasteiger partial charge in [0, 0.05) is 17.3 Å². The van der Waals surface area contributed by atoms with Crippen molar-refractivity contribution < 1.29 is 14.3 Å². The summed E-state index contributed by atoms with van der Waals surface area (Å²) in [6.07, 6.45) is 2.85. The monoisotopic (exact) mass is 371 g/mol. The average Bonchev–Trinajstić information content (AvgIpc) is 2.61. The molecule has 0 saturated carbocycles. The van der Waals surface area contributed by atoms with E-state index < -0.39 is 11.9 Å². The molecule has 1 aliphatic rings. The number of nitrogens with zero attached hydrogens (tertiary/aromatic N) is 1. The zero-order valence-corrected chi connectivity index (χ0v) is 16.5. The van der Waals surface area contributed by atoms with Gasteiger partial charge in [0.05, 0.1) is 29.9 Å². The first kappa shape index (κ1) is 20.6. The molecular weight excluding hydrogens is 342 g/mol. The molecule has 0 spiro atoms. The van der Waals surface area contributed by atoms with Crippen molar-refractivity contribution in [1.82, 2.24) is 0 Å². The molecule has 6 heteroatoms. The molecular formula is C21H29N3O3. The van der Waals surface area contributed by atoms with Gasteiger partial charge in [-0.05, 0) is 33.3 Å². The number of nitrogens with two attached hydrogens (primary N) is 2. The lowest BCUT2D eigenvalue weighted by Crippen LogP contribution is -2.30. The maximum atomic E-state index is 12.9. The molecule has 0 fully saturated rings. The number of benzene rings is 1. The molecule has 146 valence electrons. The number of aliphatic imine (C=N–C) groups is 1. The fourth-order valence-electron chi connectivity index (χ4n) is 3.20. The van der Waals surface area contributed by atoms with Crippen molar-refractivity contribution in [2.75, 3.05) is 6.61 Å². The van der Waals surface area contributed by atoms with Crippen LogP contribution in [0.1, 0.15) is 52.0 Å². The first-order valence-electron chi connectivity index (χ1n) is 9.36. The minimum absolute atomic E-state index is 0.0174. The maximum Gasteiger partial charge on any atom is 0.336 e. The zero-order chi connectivity index (χ0) is 20.0. The van der Waals surface area contributed by atoms with Crippen LogP contribution in [-0.4, -0.2) is 24.5 Å². The van der Waals surface area contributed by atoms with Crippen LogP contribution in [0.4, 0.5) is 0 Å². The Morgan fingerprint density at radius 1 is 1.30 bits per heavy atom. The fourth-order valence-corrected chi connectivity index (χ4v) is 3.20. The summed E-state index contributed by atoms with van der Waals surface area (Å²) in [5.74, 6) is 0.117. The fraction of sp³-hybridized carbons (Fsp3) is 0.429. The minimum atomic E-state index is -0.483. The number of amidine groups is 1. The molecule has 6 nitrogen and oxygen atoms in total. The Morgan fingerprint density at radius 3 is 2.59 bits per heavy atom.